The summed E-state index contributed by atoms with van der Waals surface area (Å²) < 4.78 is 45.8. The molecule has 0 aromatic heterocycles. The summed E-state index contributed by atoms with van der Waals surface area (Å²) in [5, 5.41) is 0. The fourth-order valence-electron chi connectivity index (χ4n) is 0.812. The molecule has 0 heterocycles. The van der Waals surface area contributed by atoms with Gasteiger partial charge in [-0.3, -0.25) is 0 Å². The summed E-state index contributed by atoms with van der Waals surface area (Å²) in [4.78, 5) is 0. The Labute approximate surface area is 69.8 Å². The summed E-state index contributed by atoms with van der Waals surface area (Å²) in [5.74, 6) is -2.24. The number of thiol groups is 1. The summed E-state index contributed by atoms with van der Waals surface area (Å²) in [6, 6.07) is 3.24. The zero-order chi connectivity index (χ0) is 9.14. The van der Waals surface area contributed by atoms with Gasteiger partial charge in [-0.15, -0.1) is 0 Å². The van der Waals surface area contributed by atoms with E-state index in [2.05, 4.69) is 0 Å². The first-order valence-corrected chi connectivity index (χ1v) is 4.52. The third kappa shape index (κ3) is 2.01. The molecule has 0 spiro atoms. The van der Waals surface area contributed by atoms with E-state index in [1.54, 1.807) is 0 Å². The van der Waals surface area contributed by atoms with Crippen LogP contribution >= 0.6 is 0 Å². The van der Waals surface area contributed by atoms with Crippen molar-refractivity contribution in [3.05, 3.63) is 35.4 Å². The van der Waals surface area contributed by atoms with E-state index in [1.165, 1.54) is 6.07 Å². The third-order valence-corrected chi connectivity index (χ3v) is 1.92. The first kappa shape index (κ1) is 9.12. The van der Waals surface area contributed by atoms with Gasteiger partial charge in [-0.1, -0.05) is 6.07 Å². The molecule has 0 radical (unpaired) electrons. The Kier molecular flexibility index (Phi) is 2.75. The van der Waals surface area contributed by atoms with Gasteiger partial charge < -0.3 is 0 Å². The highest BCUT2D eigenvalue weighted by molar-refractivity contribution is 7.71. The van der Waals surface area contributed by atoms with Crippen LogP contribution in [-0.2, 0) is 16.5 Å². The van der Waals surface area contributed by atoms with Crippen LogP contribution in [0.2, 0.25) is 0 Å². The van der Waals surface area contributed by atoms with Gasteiger partial charge in [-0.05, 0) is 12.1 Å². The van der Waals surface area contributed by atoms with Crippen molar-refractivity contribution < 1.29 is 17.2 Å². The van der Waals surface area contributed by atoms with Gasteiger partial charge in [0, 0.05) is 5.56 Å². The van der Waals surface area contributed by atoms with Gasteiger partial charge in [-0.25, -0.2) is 17.2 Å². The fourth-order valence-corrected chi connectivity index (χ4v) is 1.37. The van der Waals surface area contributed by atoms with Crippen LogP contribution < -0.4 is 0 Å². The summed E-state index contributed by atoms with van der Waals surface area (Å²) in [5.41, 5.74) is -0.395. The zero-order valence-corrected chi connectivity index (χ0v) is 6.85. The topological polar surface area (TPSA) is 34.1 Å². The van der Waals surface area contributed by atoms with Crippen molar-refractivity contribution in [2.45, 2.75) is 5.75 Å². The molecule has 12 heavy (non-hydrogen) atoms. The Hall–Kier alpha value is -0.970. The molecule has 1 aromatic carbocycles. The van der Waals surface area contributed by atoms with Crippen LogP contribution in [0, 0.1) is 11.6 Å². The summed E-state index contributed by atoms with van der Waals surface area (Å²) in [7, 11) is -2.79. The van der Waals surface area contributed by atoms with Crippen molar-refractivity contribution >= 4 is 10.7 Å². The molecule has 0 aliphatic rings. The standard InChI is InChI=1S/C7H6F2O2S/c8-6-2-1-3-7(9)5(6)4-12(10)11/h1-3,12H,4H2. The second-order valence-corrected chi connectivity index (χ2v) is 3.17. The molecule has 0 aliphatic carbocycles. The molecule has 0 atom stereocenters. The van der Waals surface area contributed by atoms with Gasteiger partial charge in [0.05, 0.1) is 5.75 Å². The number of hydrogen-bond acceptors (Lipinski definition) is 2. The SMILES string of the molecule is O=[SH](=O)Cc1c(F)cccc1F. The lowest BCUT2D eigenvalue weighted by atomic mass is 10.2. The lowest BCUT2D eigenvalue weighted by Gasteiger charge is -1.98. The van der Waals surface area contributed by atoms with Gasteiger partial charge >= 0.3 is 0 Å². The van der Waals surface area contributed by atoms with E-state index in [0.717, 1.165) is 12.1 Å². The number of halogens is 2. The molecule has 2 nitrogen and oxygen atoms in total. The van der Waals surface area contributed by atoms with E-state index in [-0.39, 0.29) is 0 Å². The molecule has 1 rings (SSSR count). The smallest absolute Gasteiger partial charge is 0.144 e. The predicted molar refractivity (Wildman–Crippen MR) is 40.4 cm³/mol. The van der Waals surface area contributed by atoms with Crippen LogP contribution in [0.25, 0.3) is 0 Å². The molecule has 0 unspecified atom stereocenters. The maximum atomic E-state index is 12.7. The van der Waals surface area contributed by atoms with E-state index < -0.39 is 33.7 Å². The Balaban J connectivity index is 3.12. The van der Waals surface area contributed by atoms with Crippen molar-refractivity contribution in [3.8, 4) is 0 Å². The van der Waals surface area contributed by atoms with Crippen LogP contribution in [0.15, 0.2) is 18.2 Å². The monoisotopic (exact) mass is 192 g/mol. The summed E-state index contributed by atoms with van der Waals surface area (Å²) >= 11 is 0. The minimum Gasteiger partial charge on any atom is -0.232 e. The van der Waals surface area contributed by atoms with Crippen molar-refractivity contribution in [2.75, 3.05) is 0 Å². The molecule has 0 aliphatic heterocycles. The van der Waals surface area contributed by atoms with E-state index in [0.29, 0.717) is 0 Å². The van der Waals surface area contributed by atoms with Crippen molar-refractivity contribution in [1.82, 2.24) is 0 Å². The molecule has 66 valence electrons. The number of rotatable bonds is 2. The highest BCUT2D eigenvalue weighted by Gasteiger charge is 2.08. The Morgan fingerprint density at radius 2 is 1.67 bits per heavy atom. The molecule has 0 saturated carbocycles. The van der Waals surface area contributed by atoms with Crippen molar-refractivity contribution in [2.24, 2.45) is 0 Å². The van der Waals surface area contributed by atoms with Crippen molar-refractivity contribution in [1.29, 1.82) is 0 Å². The minimum absolute atomic E-state index is 0.395. The molecule has 0 fully saturated rings. The van der Waals surface area contributed by atoms with Crippen molar-refractivity contribution in [3.63, 3.8) is 0 Å². The minimum atomic E-state index is -2.79. The van der Waals surface area contributed by atoms with E-state index in [4.69, 9.17) is 0 Å². The lowest BCUT2D eigenvalue weighted by molar-refractivity contribution is 0.560. The summed E-state index contributed by atoms with van der Waals surface area (Å²) in [6.45, 7) is 0. The third-order valence-electron chi connectivity index (χ3n) is 1.35. The first-order chi connectivity index (χ1) is 5.61. The van der Waals surface area contributed by atoms with Crippen LogP contribution in [0.4, 0.5) is 8.78 Å². The van der Waals surface area contributed by atoms with Crippen LogP contribution in [0.3, 0.4) is 0 Å². The second-order valence-electron chi connectivity index (χ2n) is 2.19. The predicted octanol–water partition coefficient (Wildman–Crippen LogP) is 1.08. The quantitative estimate of drug-likeness (QED) is 0.711. The van der Waals surface area contributed by atoms with E-state index in [1.807, 2.05) is 0 Å². The van der Waals surface area contributed by atoms with E-state index >= 15 is 0 Å². The molecule has 0 N–H and O–H groups in total. The zero-order valence-electron chi connectivity index (χ0n) is 5.96. The van der Waals surface area contributed by atoms with E-state index in [9.17, 15) is 17.2 Å². The largest absolute Gasteiger partial charge is 0.232 e. The van der Waals surface area contributed by atoms with Gasteiger partial charge in [0.1, 0.15) is 22.3 Å². The number of benzene rings is 1. The Morgan fingerprint density at radius 3 is 2.08 bits per heavy atom. The highest BCUT2D eigenvalue weighted by Crippen LogP contribution is 2.12. The molecule has 0 saturated heterocycles. The first-order valence-electron chi connectivity index (χ1n) is 3.16. The molecule has 1 aromatic rings. The lowest BCUT2D eigenvalue weighted by Crippen LogP contribution is -1.95. The number of hydrogen-bond donors (Lipinski definition) is 1. The van der Waals surface area contributed by atoms with Gasteiger partial charge in [0.2, 0.25) is 0 Å². The highest BCUT2D eigenvalue weighted by atomic mass is 32.2. The van der Waals surface area contributed by atoms with Gasteiger partial charge in [0.25, 0.3) is 0 Å². The van der Waals surface area contributed by atoms with Gasteiger partial charge in [-0.2, -0.15) is 0 Å². The van der Waals surface area contributed by atoms with Crippen LogP contribution in [0.1, 0.15) is 5.56 Å². The molecular formula is C7H6F2O2S. The van der Waals surface area contributed by atoms with Crippen LogP contribution in [-0.4, -0.2) is 8.42 Å². The maximum absolute atomic E-state index is 12.7. The fraction of sp³-hybridized carbons (Fsp3) is 0.143. The summed E-state index contributed by atoms with van der Waals surface area (Å²) in [6.07, 6.45) is 0. The molecule has 0 bridgehead atoms. The normalized spacial score (nSPS) is 10.6. The maximum Gasteiger partial charge on any atom is 0.144 e. The molecule has 0 amide bonds. The average Bonchev–Trinajstić information content (AvgIpc) is 1.97. The molecular weight excluding hydrogens is 186 g/mol. The van der Waals surface area contributed by atoms with Gasteiger partial charge in [0.15, 0.2) is 0 Å². The molecule has 5 heteroatoms. The Bertz CT molecular complexity index is 332. The van der Waals surface area contributed by atoms with Crippen LogP contribution in [0.5, 0.6) is 0 Å². The Morgan fingerprint density at radius 1 is 1.17 bits per heavy atom. The second kappa shape index (κ2) is 3.62. The average molecular weight is 192 g/mol.